The van der Waals surface area contributed by atoms with E-state index >= 15 is 0 Å². The predicted octanol–water partition coefficient (Wildman–Crippen LogP) is -0.201. The van der Waals surface area contributed by atoms with E-state index in [9.17, 15) is 8.42 Å². The average Bonchev–Trinajstić information content (AvgIpc) is 2.75. The first-order valence-electron chi connectivity index (χ1n) is 6.92. The van der Waals surface area contributed by atoms with E-state index in [-0.39, 0.29) is 0 Å². The van der Waals surface area contributed by atoms with Crippen LogP contribution in [0.15, 0.2) is 0 Å². The van der Waals surface area contributed by atoms with Crippen LogP contribution < -0.4 is 5.32 Å². The summed E-state index contributed by atoms with van der Waals surface area (Å²) in [5.74, 6) is 0. The summed E-state index contributed by atoms with van der Waals surface area (Å²) in [5.41, 5.74) is 0. The highest BCUT2D eigenvalue weighted by atomic mass is 32.2. The molecular formula is C12H28N4O2S. The van der Waals surface area contributed by atoms with Gasteiger partial charge in [-0.3, -0.25) is 0 Å². The number of likely N-dealkylation sites (tertiary alicyclic amines) is 1. The zero-order chi connectivity index (χ0) is 14.5. The Bertz CT molecular complexity index is 361. The second-order valence-corrected chi connectivity index (χ2v) is 7.49. The lowest BCUT2D eigenvalue weighted by molar-refractivity contribution is 0.263. The number of nitrogens with one attached hydrogen (secondary N) is 1. The lowest BCUT2D eigenvalue weighted by Crippen LogP contribution is -2.45. The molecule has 0 aromatic heterocycles. The minimum atomic E-state index is -3.32. The zero-order valence-electron chi connectivity index (χ0n) is 12.6. The Labute approximate surface area is 117 Å². The smallest absolute Gasteiger partial charge is 0.281 e. The molecule has 0 aromatic rings. The molecule has 1 rings (SSSR count). The fourth-order valence-corrected chi connectivity index (χ4v) is 3.63. The van der Waals surface area contributed by atoms with Crippen molar-refractivity contribution in [1.82, 2.24) is 18.8 Å². The zero-order valence-corrected chi connectivity index (χ0v) is 13.4. The SMILES string of the molecule is CNCCCN(C)S(=O)(=O)N(C)CC1CCCN1C. The molecule has 114 valence electrons. The molecule has 1 saturated heterocycles. The molecule has 0 radical (unpaired) electrons. The third-order valence-electron chi connectivity index (χ3n) is 3.83. The molecule has 0 saturated carbocycles. The lowest BCUT2D eigenvalue weighted by Gasteiger charge is -2.28. The van der Waals surface area contributed by atoms with Crippen LogP contribution in [-0.4, -0.2) is 82.3 Å². The number of likely N-dealkylation sites (N-methyl/N-ethyl adjacent to an activating group) is 2. The maximum absolute atomic E-state index is 12.3. The maximum Gasteiger partial charge on any atom is 0.281 e. The van der Waals surface area contributed by atoms with Crippen LogP contribution in [-0.2, 0) is 10.2 Å². The number of nitrogens with zero attached hydrogens (tertiary/aromatic N) is 3. The van der Waals surface area contributed by atoms with Crippen molar-refractivity contribution >= 4 is 10.2 Å². The fourth-order valence-electron chi connectivity index (χ4n) is 2.43. The summed E-state index contributed by atoms with van der Waals surface area (Å²) in [5, 5.41) is 3.03. The quantitative estimate of drug-likeness (QED) is 0.630. The third kappa shape index (κ3) is 4.68. The molecule has 0 spiro atoms. The Kier molecular flexibility index (Phi) is 6.68. The minimum Gasteiger partial charge on any atom is -0.320 e. The Morgan fingerprint density at radius 1 is 1.32 bits per heavy atom. The van der Waals surface area contributed by atoms with Crippen LogP contribution in [0.1, 0.15) is 19.3 Å². The summed E-state index contributed by atoms with van der Waals surface area (Å²) < 4.78 is 27.6. The summed E-state index contributed by atoms with van der Waals surface area (Å²) >= 11 is 0. The predicted molar refractivity (Wildman–Crippen MR) is 78.4 cm³/mol. The molecule has 19 heavy (non-hydrogen) atoms. The van der Waals surface area contributed by atoms with Crippen LogP contribution in [0.3, 0.4) is 0 Å². The van der Waals surface area contributed by atoms with Gasteiger partial charge in [-0.05, 0) is 46.4 Å². The van der Waals surface area contributed by atoms with Crippen LogP contribution in [0.4, 0.5) is 0 Å². The van der Waals surface area contributed by atoms with Gasteiger partial charge in [-0.15, -0.1) is 0 Å². The second kappa shape index (κ2) is 7.54. The largest absolute Gasteiger partial charge is 0.320 e. The van der Waals surface area contributed by atoms with Gasteiger partial charge in [-0.2, -0.15) is 17.0 Å². The van der Waals surface area contributed by atoms with Gasteiger partial charge in [0.2, 0.25) is 0 Å². The summed E-state index contributed by atoms with van der Waals surface area (Å²) in [6, 6.07) is 0.352. The summed E-state index contributed by atoms with van der Waals surface area (Å²) in [4.78, 5) is 2.24. The standard InChI is InChI=1S/C12H28N4O2S/c1-13-8-6-10-15(3)19(17,18)16(4)11-12-7-5-9-14(12)2/h12-13H,5-11H2,1-4H3. The fraction of sp³-hybridized carbons (Fsp3) is 1.00. The average molecular weight is 292 g/mol. The van der Waals surface area contributed by atoms with Crippen LogP contribution in [0.25, 0.3) is 0 Å². The Morgan fingerprint density at radius 2 is 2.00 bits per heavy atom. The molecule has 1 aliphatic rings. The molecule has 0 bridgehead atoms. The summed E-state index contributed by atoms with van der Waals surface area (Å²) in [6.45, 7) is 3.02. The number of hydrogen-bond donors (Lipinski definition) is 1. The molecule has 6 nitrogen and oxygen atoms in total. The van der Waals surface area contributed by atoms with E-state index in [1.54, 1.807) is 14.1 Å². The van der Waals surface area contributed by atoms with E-state index in [4.69, 9.17) is 0 Å². The van der Waals surface area contributed by atoms with Crippen molar-refractivity contribution in [2.75, 3.05) is 54.4 Å². The molecule has 0 amide bonds. The molecular weight excluding hydrogens is 264 g/mol. The van der Waals surface area contributed by atoms with Gasteiger partial charge in [0, 0.05) is 33.2 Å². The van der Waals surface area contributed by atoms with Gasteiger partial charge >= 0.3 is 0 Å². The lowest BCUT2D eigenvalue weighted by atomic mass is 10.2. The van der Waals surface area contributed by atoms with Crippen molar-refractivity contribution in [1.29, 1.82) is 0 Å². The molecule has 1 heterocycles. The molecule has 1 unspecified atom stereocenters. The summed E-state index contributed by atoms with van der Waals surface area (Å²) in [7, 11) is 3.95. The first-order chi connectivity index (χ1) is 8.89. The first-order valence-corrected chi connectivity index (χ1v) is 8.31. The Hall–Kier alpha value is -0.210. The Morgan fingerprint density at radius 3 is 2.53 bits per heavy atom. The van der Waals surface area contributed by atoms with E-state index in [0.717, 1.165) is 32.4 Å². The first kappa shape index (κ1) is 16.8. The van der Waals surface area contributed by atoms with Gasteiger partial charge in [0.15, 0.2) is 0 Å². The van der Waals surface area contributed by atoms with E-state index in [1.165, 1.54) is 8.61 Å². The second-order valence-electron chi connectivity index (χ2n) is 5.34. The van der Waals surface area contributed by atoms with Gasteiger partial charge in [-0.1, -0.05) is 0 Å². The topological polar surface area (TPSA) is 55.9 Å². The maximum atomic E-state index is 12.3. The minimum absolute atomic E-state index is 0.352. The van der Waals surface area contributed by atoms with E-state index in [0.29, 0.717) is 19.1 Å². The van der Waals surface area contributed by atoms with Crippen LogP contribution >= 0.6 is 0 Å². The highest BCUT2D eigenvalue weighted by Crippen LogP contribution is 2.17. The van der Waals surface area contributed by atoms with Crippen molar-refractivity contribution in [3.8, 4) is 0 Å². The molecule has 7 heteroatoms. The van der Waals surface area contributed by atoms with E-state index in [1.807, 2.05) is 7.05 Å². The van der Waals surface area contributed by atoms with Gasteiger partial charge in [0.1, 0.15) is 0 Å². The van der Waals surface area contributed by atoms with Crippen molar-refractivity contribution in [2.45, 2.75) is 25.3 Å². The van der Waals surface area contributed by atoms with Crippen molar-refractivity contribution in [2.24, 2.45) is 0 Å². The van der Waals surface area contributed by atoms with Crippen LogP contribution in [0.5, 0.6) is 0 Å². The molecule has 0 aromatic carbocycles. The van der Waals surface area contributed by atoms with Crippen molar-refractivity contribution in [3.63, 3.8) is 0 Å². The van der Waals surface area contributed by atoms with Crippen molar-refractivity contribution in [3.05, 3.63) is 0 Å². The van der Waals surface area contributed by atoms with Gasteiger partial charge in [0.05, 0.1) is 0 Å². The van der Waals surface area contributed by atoms with E-state index < -0.39 is 10.2 Å². The Balaban J connectivity index is 2.50. The number of rotatable bonds is 8. The van der Waals surface area contributed by atoms with Crippen LogP contribution in [0.2, 0.25) is 0 Å². The van der Waals surface area contributed by atoms with E-state index in [2.05, 4.69) is 17.3 Å². The monoisotopic (exact) mass is 292 g/mol. The third-order valence-corrected chi connectivity index (χ3v) is 5.73. The molecule has 1 fully saturated rings. The molecule has 1 aliphatic heterocycles. The summed E-state index contributed by atoms with van der Waals surface area (Å²) in [6.07, 6.45) is 3.07. The highest BCUT2D eigenvalue weighted by Gasteiger charge is 2.29. The number of hydrogen-bond acceptors (Lipinski definition) is 4. The molecule has 1 atom stereocenters. The van der Waals surface area contributed by atoms with Crippen LogP contribution in [0, 0.1) is 0 Å². The van der Waals surface area contributed by atoms with Gasteiger partial charge in [0.25, 0.3) is 10.2 Å². The normalized spacial score (nSPS) is 21.7. The molecule has 1 N–H and O–H groups in total. The highest BCUT2D eigenvalue weighted by molar-refractivity contribution is 7.86. The molecule has 0 aliphatic carbocycles. The van der Waals surface area contributed by atoms with Gasteiger partial charge < -0.3 is 10.2 Å². The van der Waals surface area contributed by atoms with Gasteiger partial charge in [-0.25, -0.2) is 0 Å². The van der Waals surface area contributed by atoms with Crippen molar-refractivity contribution < 1.29 is 8.42 Å².